The summed E-state index contributed by atoms with van der Waals surface area (Å²) in [6.07, 6.45) is 0. The van der Waals surface area contributed by atoms with E-state index in [1.54, 1.807) is 0 Å². The van der Waals surface area contributed by atoms with Crippen LogP contribution in [0.4, 0.5) is 0 Å². The zero-order valence-electron chi connectivity index (χ0n) is 11.2. The van der Waals surface area contributed by atoms with Gasteiger partial charge < -0.3 is 15.0 Å². The molecule has 19 heavy (non-hydrogen) atoms. The highest BCUT2D eigenvalue weighted by molar-refractivity contribution is 9.10. The molecule has 1 amide bonds. The van der Waals surface area contributed by atoms with Gasteiger partial charge in [0.2, 0.25) is 0 Å². The maximum atomic E-state index is 12.2. The highest BCUT2D eigenvalue weighted by Gasteiger charge is 2.28. The topological polar surface area (TPSA) is 41.6 Å². The second kappa shape index (κ2) is 6.39. The fourth-order valence-electron chi connectivity index (χ4n) is 2.17. The molecular weight excluding hydrogens is 308 g/mol. The van der Waals surface area contributed by atoms with Crippen molar-refractivity contribution in [1.29, 1.82) is 0 Å². The Balaban J connectivity index is 1.88. The maximum absolute atomic E-state index is 12.2. The molecule has 0 aromatic heterocycles. The predicted molar refractivity (Wildman–Crippen MR) is 78.3 cm³/mol. The molecule has 2 unspecified atom stereocenters. The van der Waals surface area contributed by atoms with E-state index in [-0.39, 0.29) is 18.6 Å². The number of ether oxygens (including phenoxy) is 1. The monoisotopic (exact) mass is 326 g/mol. The molecular formula is C14H19BrN2O2. The van der Waals surface area contributed by atoms with Gasteiger partial charge in [-0.05, 0) is 38.1 Å². The molecule has 104 valence electrons. The van der Waals surface area contributed by atoms with Crippen LogP contribution in [0.2, 0.25) is 0 Å². The van der Waals surface area contributed by atoms with Crippen molar-refractivity contribution in [3.05, 3.63) is 28.7 Å². The molecule has 0 spiro atoms. The van der Waals surface area contributed by atoms with Gasteiger partial charge in [-0.25, -0.2) is 0 Å². The molecule has 0 bridgehead atoms. The third kappa shape index (κ3) is 3.70. The predicted octanol–water partition coefficient (Wildman–Crippen LogP) is 2.04. The van der Waals surface area contributed by atoms with E-state index in [4.69, 9.17) is 4.74 Å². The van der Waals surface area contributed by atoms with Crippen LogP contribution in [0.25, 0.3) is 0 Å². The van der Waals surface area contributed by atoms with Crippen LogP contribution in [0.5, 0.6) is 5.75 Å². The van der Waals surface area contributed by atoms with Gasteiger partial charge in [0, 0.05) is 29.6 Å². The number of halogens is 1. The molecule has 4 nitrogen and oxygen atoms in total. The molecule has 2 atom stereocenters. The van der Waals surface area contributed by atoms with Gasteiger partial charge in [0.25, 0.3) is 5.91 Å². The number of carbonyl (C=O) groups is 1. The van der Waals surface area contributed by atoms with Crippen molar-refractivity contribution in [3.8, 4) is 5.75 Å². The average Bonchev–Trinajstić information content (AvgIpc) is 2.41. The zero-order valence-corrected chi connectivity index (χ0v) is 12.8. The van der Waals surface area contributed by atoms with Crippen molar-refractivity contribution in [2.45, 2.75) is 25.9 Å². The van der Waals surface area contributed by atoms with Crippen LogP contribution >= 0.6 is 15.9 Å². The summed E-state index contributed by atoms with van der Waals surface area (Å²) in [4.78, 5) is 14.0. The van der Waals surface area contributed by atoms with Gasteiger partial charge in [-0.1, -0.05) is 15.9 Å². The Hall–Kier alpha value is -1.07. The van der Waals surface area contributed by atoms with Crippen molar-refractivity contribution in [2.24, 2.45) is 0 Å². The van der Waals surface area contributed by atoms with Gasteiger partial charge in [0.1, 0.15) is 5.75 Å². The van der Waals surface area contributed by atoms with Crippen LogP contribution in [0.3, 0.4) is 0 Å². The highest BCUT2D eigenvalue weighted by Crippen LogP contribution is 2.16. The first kappa shape index (κ1) is 14.3. The summed E-state index contributed by atoms with van der Waals surface area (Å²) in [5.41, 5.74) is 0. The van der Waals surface area contributed by atoms with E-state index < -0.39 is 0 Å². The number of nitrogens with one attached hydrogen (secondary N) is 1. The minimum Gasteiger partial charge on any atom is -0.484 e. The SMILES string of the molecule is CC1NCCN(C(=O)COc2ccc(Br)cc2)C1C. The molecule has 0 radical (unpaired) electrons. The minimum atomic E-state index is 0.0452. The smallest absolute Gasteiger partial charge is 0.260 e. The fourth-order valence-corrected chi connectivity index (χ4v) is 2.43. The lowest BCUT2D eigenvalue weighted by Gasteiger charge is -2.38. The summed E-state index contributed by atoms with van der Waals surface area (Å²) >= 11 is 3.36. The molecule has 0 saturated carbocycles. The van der Waals surface area contributed by atoms with Gasteiger partial charge in [-0.3, -0.25) is 4.79 Å². The standard InChI is InChI=1S/C14H19BrN2O2/c1-10-11(2)17(8-7-16-10)14(18)9-19-13-5-3-12(15)4-6-13/h3-6,10-11,16H,7-9H2,1-2H3. The molecule has 1 aromatic carbocycles. The van der Waals surface area contributed by atoms with Gasteiger partial charge in [0.15, 0.2) is 6.61 Å². The molecule has 1 aromatic rings. The quantitative estimate of drug-likeness (QED) is 0.924. The normalized spacial score (nSPS) is 23.2. The minimum absolute atomic E-state index is 0.0452. The molecule has 0 aliphatic carbocycles. The van der Waals surface area contributed by atoms with Crippen molar-refractivity contribution in [1.82, 2.24) is 10.2 Å². The third-order valence-electron chi connectivity index (χ3n) is 3.53. The lowest BCUT2D eigenvalue weighted by Crippen LogP contribution is -2.58. The van der Waals surface area contributed by atoms with E-state index in [1.165, 1.54) is 0 Å². The van der Waals surface area contributed by atoms with Crippen LogP contribution in [0, 0.1) is 0 Å². The summed E-state index contributed by atoms with van der Waals surface area (Å²) in [6, 6.07) is 8.02. The summed E-state index contributed by atoms with van der Waals surface area (Å²) in [5, 5.41) is 3.36. The Morgan fingerprint density at radius 3 is 2.79 bits per heavy atom. The number of carbonyl (C=O) groups excluding carboxylic acids is 1. The van der Waals surface area contributed by atoms with Gasteiger partial charge in [-0.2, -0.15) is 0 Å². The van der Waals surface area contributed by atoms with E-state index in [9.17, 15) is 4.79 Å². The van der Waals surface area contributed by atoms with Gasteiger partial charge in [0.05, 0.1) is 0 Å². The number of piperazine rings is 1. The first-order valence-corrected chi connectivity index (χ1v) is 7.28. The lowest BCUT2D eigenvalue weighted by atomic mass is 10.1. The molecule has 1 aliphatic rings. The Labute approximate surface area is 122 Å². The summed E-state index contributed by atoms with van der Waals surface area (Å²) in [6.45, 7) is 5.84. The Morgan fingerprint density at radius 1 is 1.42 bits per heavy atom. The van der Waals surface area contributed by atoms with E-state index >= 15 is 0 Å². The number of hydrogen-bond donors (Lipinski definition) is 1. The number of hydrogen-bond acceptors (Lipinski definition) is 3. The Kier molecular flexibility index (Phi) is 4.82. The molecule has 1 saturated heterocycles. The fraction of sp³-hybridized carbons (Fsp3) is 0.500. The van der Waals surface area contributed by atoms with Crippen LogP contribution in [0.1, 0.15) is 13.8 Å². The highest BCUT2D eigenvalue weighted by atomic mass is 79.9. The lowest BCUT2D eigenvalue weighted by molar-refractivity contribution is -0.137. The van der Waals surface area contributed by atoms with Crippen molar-refractivity contribution >= 4 is 21.8 Å². The number of amides is 1. The second-order valence-corrected chi connectivity index (χ2v) is 5.73. The first-order valence-electron chi connectivity index (χ1n) is 6.49. The molecule has 1 fully saturated rings. The largest absolute Gasteiger partial charge is 0.484 e. The number of nitrogens with zero attached hydrogens (tertiary/aromatic N) is 1. The second-order valence-electron chi connectivity index (χ2n) is 4.81. The van der Waals surface area contributed by atoms with Crippen LogP contribution in [-0.4, -0.2) is 42.6 Å². The Morgan fingerprint density at radius 2 is 2.11 bits per heavy atom. The zero-order chi connectivity index (χ0) is 13.8. The van der Waals surface area contributed by atoms with Crippen LogP contribution in [-0.2, 0) is 4.79 Å². The van der Waals surface area contributed by atoms with Crippen molar-refractivity contribution < 1.29 is 9.53 Å². The number of benzene rings is 1. The van der Waals surface area contributed by atoms with E-state index in [2.05, 4.69) is 35.1 Å². The first-order chi connectivity index (χ1) is 9.08. The molecule has 1 N–H and O–H groups in total. The molecule has 5 heteroatoms. The van der Waals surface area contributed by atoms with Crippen molar-refractivity contribution in [2.75, 3.05) is 19.7 Å². The molecule has 1 aliphatic heterocycles. The van der Waals surface area contributed by atoms with Gasteiger partial charge >= 0.3 is 0 Å². The van der Waals surface area contributed by atoms with Gasteiger partial charge in [-0.15, -0.1) is 0 Å². The third-order valence-corrected chi connectivity index (χ3v) is 4.06. The van der Waals surface area contributed by atoms with E-state index in [1.807, 2.05) is 29.2 Å². The Bertz CT molecular complexity index is 436. The summed E-state index contributed by atoms with van der Waals surface area (Å²) in [7, 11) is 0. The maximum Gasteiger partial charge on any atom is 0.260 e. The molecule has 2 rings (SSSR count). The summed E-state index contributed by atoms with van der Waals surface area (Å²) in [5.74, 6) is 0.760. The van der Waals surface area contributed by atoms with E-state index in [0.717, 1.165) is 17.6 Å². The van der Waals surface area contributed by atoms with E-state index in [0.29, 0.717) is 11.8 Å². The number of rotatable bonds is 3. The molecule has 1 heterocycles. The summed E-state index contributed by atoms with van der Waals surface area (Å²) < 4.78 is 6.52. The van der Waals surface area contributed by atoms with Crippen LogP contribution in [0.15, 0.2) is 28.7 Å². The van der Waals surface area contributed by atoms with Crippen molar-refractivity contribution in [3.63, 3.8) is 0 Å². The van der Waals surface area contributed by atoms with Crippen LogP contribution < -0.4 is 10.1 Å². The average molecular weight is 327 g/mol.